The van der Waals surface area contributed by atoms with E-state index < -0.39 is 5.60 Å². The average molecular weight is 374 g/mol. The van der Waals surface area contributed by atoms with E-state index in [1.807, 2.05) is 53.2 Å². The van der Waals surface area contributed by atoms with Crippen LogP contribution in [-0.4, -0.2) is 44.0 Å². The van der Waals surface area contributed by atoms with Crippen molar-refractivity contribution in [3.8, 4) is 22.4 Å². The second kappa shape index (κ2) is 6.03. The zero-order valence-corrected chi connectivity index (χ0v) is 15.2. The molecule has 1 saturated heterocycles. The summed E-state index contributed by atoms with van der Waals surface area (Å²) < 4.78 is 7.32. The van der Waals surface area contributed by atoms with Crippen molar-refractivity contribution < 1.29 is 14.4 Å². The Bertz CT molecular complexity index is 1200. The van der Waals surface area contributed by atoms with Crippen LogP contribution in [0.1, 0.15) is 12.2 Å². The number of amides is 1. The Hall–Kier alpha value is -3.45. The zero-order valence-electron chi connectivity index (χ0n) is 15.2. The number of aromatic nitrogens is 3. The molecule has 7 nitrogen and oxygen atoms in total. The third-order valence-corrected chi connectivity index (χ3v) is 5.31. The first-order valence-corrected chi connectivity index (χ1v) is 9.03. The van der Waals surface area contributed by atoms with E-state index >= 15 is 0 Å². The fraction of sp³-hybridized carbons (Fsp3) is 0.190. The fourth-order valence-electron chi connectivity index (χ4n) is 3.64. The first-order valence-electron chi connectivity index (χ1n) is 9.03. The third-order valence-electron chi connectivity index (χ3n) is 5.31. The lowest BCUT2D eigenvalue weighted by atomic mass is 9.97. The third kappa shape index (κ3) is 2.51. The second-order valence-electron chi connectivity index (χ2n) is 7.10. The van der Waals surface area contributed by atoms with Crippen LogP contribution in [0.4, 0.5) is 0 Å². The number of pyridine rings is 1. The molecule has 0 spiro atoms. The van der Waals surface area contributed by atoms with Gasteiger partial charge in [0.2, 0.25) is 5.60 Å². The lowest BCUT2D eigenvalue weighted by Crippen LogP contribution is -2.35. The molecule has 7 heteroatoms. The fourth-order valence-corrected chi connectivity index (χ4v) is 3.64. The Labute approximate surface area is 160 Å². The maximum Gasteiger partial charge on any atom is 0.262 e. The molecule has 5 rings (SSSR count). The van der Waals surface area contributed by atoms with Crippen molar-refractivity contribution in [1.82, 2.24) is 19.4 Å². The first kappa shape index (κ1) is 16.7. The number of likely N-dealkylation sites (tertiary alicyclic amines) is 1. The molecule has 1 aromatic carbocycles. The minimum Gasteiger partial charge on any atom is -0.373 e. The predicted molar refractivity (Wildman–Crippen MR) is 102 cm³/mol. The predicted octanol–water partition coefficient (Wildman–Crippen LogP) is 2.71. The van der Waals surface area contributed by atoms with Crippen molar-refractivity contribution in [3.05, 3.63) is 66.8 Å². The Morgan fingerprint density at radius 3 is 2.82 bits per heavy atom. The highest BCUT2D eigenvalue weighted by molar-refractivity contribution is 5.87. The van der Waals surface area contributed by atoms with E-state index in [9.17, 15) is 9.90 Å². The number of hydrogen-bond acceptors (Lipinski definition) is 5. The summed E-state index contributed by atoms with van der Waals surface area (Å²) in [4.78, 5) is 18.0. The van der Waals surface area contributed by atoms with Crippen LogP contribution in [0.5, 0.6) is 0 Å². The number of carbonyl (C=O) groups is 1. The number of aliphatic hydroxyl groups is 1. The summed E-state index contributed by atoms with van der Waals surface area (Å²) in [7, 11) is 1.66. The molecule has 0 unspecified atom stereocenters. The molecule has 1 aliphatic rings. The van der Waals surface area contributed by atoms with Gasteiger partial charge in [-0.05, 0) is 29.3 Å². The highest BCUT2D eigenvalue weighted by Crippen LogP contribution is 2.35. The topological polar surface area (TPSA) is 83.9 Å². The highest BCUT2D eigenvalue weighted by Gasteiger charge is 2.48. The quantitative estimate of drug-likeness (QED) is 0.596. The van der Waals surface area contributed by atoms with Crippen LogP contribution in [0.15, 0.2) is 65.6 Å². The Balaban J connectivity index is 1.50. The summed E-state index contributed by atoms with van der Waals surface area (Å²) in [5.74, 6) is -0.181. The molecule has 0 aliphatic carbocycles. The van der Waals surface area contributed by atoms with Crippen LogP contribution in [0, 0.1) is 0 Å². The van der Waals surface area contributed by atoms with Gasteiger partial charge in [-0.25, -0.2) is 4.98 Å². The van der Waals surface area contributed by atoms with Gasteiger partial charge in [0, 0.05) is 50.2 Å². The molecule has 140 valence electrons. The minimum atomic E-state index is -1.63. The van der Waals surface area contributed by atoms with Gasteiger partial charge in [-0.1, -0.05) is 23.4 Å². The number of likely N-dealkylation sites (N-methyl/N-ethyl adjacent to an activating group) is 1. The van der Waals surface area contributed by atoms with Crippen molar-refractivity contribution in [1.29, 1.82) is 0 Å². The van der Waals surface area contributed by atoms with E-state index in [2.05, 4.69) is 10.1 Å². The number of nitrogens with zero attached hydrogens (tertiary/aromatic N) is 4. The molecule has 1 fully saturated rings. The monoisotopic (exact) mass is 374 g/mol. The Kier molecular flexibility index (Phi) is 3.60. The molecule has 0 radical (unpaired) electrons. The molecule has 1 atom stereocenters. The normalized spacial score (nSPS) is 19.6. The molecular formula is C21H18N4O3. The van der Waals surface area contributed by atoms with E-state index in [0.717, 1.165) is 22.3 Å². The summed E-state index contributed by atoms with van der Waals surface area (Å²) in [5.41, 5.74) is 2.75. The number of fused-ring (bicyclic) bond motifs is 1. The number of imidazole rings is 1. The average Bonchev–Trinajstić information content (AvgIpc) is 3.45. The summed E-state index contributed by atoms with van der Waals surface area (Å²) in [6.07, 6.45) is 5.98. The molecular weight excluding hydrogens is 356 g/mol. The maximum atomic E-state index is 12.3. The molecule has 1 N–H and O–H groups in total. The zero-order chi connectivity index (χ0) is 19.3. The molecule has 1 amide bonds. The SMILES string of the molecule is CN1CC[C@@](O)(c2cc(-c3cccc(-c4ccc5nccn5c4)c3)no2)C1=O. The molecule has 3 aromatic heterocycles. The van der Waals surface area contributed by atoms with Gasteiger partial charge in [-0.15, -0.1) is 0 Å². The van der Waals surface area contributed by atoms with E-state index in [0.29, 0.717) is 18.7 Å². The first-order chi connectivity index (χ1) is 13.5. The summed E-state index contributed by atoms with van der Waals surface area (Å²) in [6.45, 7) is 0.484. The van der Waals surface area contributed by atoms with Gasteiger partial charge in [0.1, 0.15) is 11.3 Å². The summed E-state index contributed by atoms with van der Waals surface area (Å²) >= 11 is 0. The molecule has 1 aliphatic heterocycles. The molecule has 4 heterocycles. The number of carbonyl (C=O) groups excluding carboxylic acids is 1. The van der Waals surface area contributed by atoms with Crippen LogP contribution >= 0.6 is 0 Å². The summed E-state index contributed by atoms with van der Waals surface area (Å²) in [5, 5.41) is 14.8. The van der Waals surface area contributed by atoms with Gasteiger partial charge < -0.3 is 18.9 Å². The van der Waals surface area contributed by atoms with Crippen molar-refractivity contribution >= 4 is 11.6 Å². The Morgan fingerprint density at radius 2 is 2.00 bits per heavy atom. The standard InChI is InChI=1S/C21H18N4O3/c1-24-9-7-21(27,20(24)26)18-12-17(23-28-18)15-4-2-3-14(11-15)16-5-6-19-22-8-10-25(19)13-16/h2-6,8,10-13,27H,7,9H2,1H3/t21-/m1/s1. The lowest BCUT2D eigenvalue weighted by Gasteiger charge is -2.16. The smallest absolute Gasteiger partial charge is 0.262 e. The van der Waals surface area contributed by atoms with Crippen molar-refractivity contribution in [2.24, 2.45) is 0 Å². The van der Waals surface area contributed by atoms with E-state index in [4.69, 9.17) is 4.52 Å². The van der Waals surface area contributed by atoms with Gasteiger partial charge >= 0.3 is 0 Å². The molecule has 0 saturated carbocycles. The lowest BCUT2D eigenvalue weighted by molar-refractivity contribution is -0.144. The van der Waals surface area contributed by atoms with Gasteiger partial charge in [-0.2, -0.15) is 0 Å². The van der Waals surface area contributed by atoms with Gasteiger partial charge in [0.25, 0.3) is 5.91 Å². The van der Waals surface area contributed by atoms with Crippen molar-refractivity contribution in [2.75, 3.05) is 13.6 Å². The van der Waals surface area contributed by atoms with Crippen LogP contribution in [0.3, 0.4) is 0 Å². The number of benzene rings is 1. The Morgan fingerprint density at radius 1 is 1.14 bits per heavy atom. The largest absolute Gasteiger partial charge is 0.373 e. The van der Waals surface area contributed by atoms with Crippen LogP contribution < -0.4 is 0 Å². The second-order valence-corrected chi connectivity index (χ2v) is 7.10. The number of hydrogen-bond donors (Lipinski definition) is 1. The minimum absolute atomic E-state index is 0.182. The van der Waals surface area contributed by atoms with Gasteiger partial charge in [-0.3, -0.25) is 4.79 Å². The molecule has 28 heavy (non-hydrogen) atoms. The van der Waals surface area contributed by atoms with Crippen LogP contribution in [0.25, 0.3) is 28.0 Å². The summed E-state index contributed by atoms with van der Waals surface area (Å²) in [6, 6.07) is 13.5. The van der Waals surface area contributed by atoms with E-state index in [-0.39, 0.29) is 11.7 Å². The molecule has 0 bridgehead atoms. The number of rotatable bonds is 3. The van der Waals surface area contributed by atoms with Gasteiger partial charge in [0.05, 0.1) is 0 Å². The van der Waals surface area contributed by atoms with Crippen LogP contribution in [0.2, 0.25) is 0 Å². The van der Waals surface area contributed by atoms with E-state index in [1.165, 1.54) is 4.90 Å². The highest BCUT2D eigenvalue weighted by atomic mass is 16.5. The molecule has 4 aromatic rings. The maximum absolute atomic E-state index is 12.3. The van der Waals surface area contributed by atoms with Crippen molar-refractivity contribution in [3.63, 3.8) is 0 Å². The van der Waals surface area contributed by atoms with Crippen LogP contribution in [-0.2, 0) is 10.4 Å². The van der Waals surface area contributed by atoms with Gasteiger partial charge in [0.15, 0.2) is 5.76 Å². The van der Waals surface area contributed by atoms with E-state index in [1.54, 1.807) is 19.3 Å². The van der Waals surface area contributed by atoms with Crippen molar-refractivity contribution in [2.45, 2.75) is 12.0 Å².